The minimum absolute atomic E-state index is 0.739. The van der Waals surface area contributed by atoms with Gasteiger partial charge in [0.15, 0.2) is 6.29 Å². The van der Waals surface area contributed by atoms with Crippen LogP contribution in [0.2, 0.25) is 0 Å². The van der Waals surface area contributed by atoms with E-state index in [-0.39, 0.29) is 0 Å². The van der Waals surface area contributed by atoms with Crippen molar-refractivity contribution >= 4 is 27.8 Å². The summed E-state index contributed by atoms with van der Waals surface area (Å²) in [7, 11) is 0. The molecule has 0 radical (unpaired) electrons. The minimum atomic E-state index is 0.739. The summed E-state index contributed by atoms with van der Waals surface area (Å²) in [5, 5.41) is 4.69. The van der Waals surface area contributed by atoms with Crippen LogP contribution in [0.5, 0.6) is 0 Å². The van der Waals surface area contributed by atoms with Crippen molar-refractivity contribution in [2.45, 2.75) is 6.92 Å². The summed E-state index contributed by atoms with van der Waals surface area (Å²) < 4.78 is 0. The van der Waals surface area contributed by atoms with Gasteiger partial charge in [0, 0.05) is 11.1 Å². The topological polar surface area (TPSA) is 17.1 Å². The maximum Gasteiger partial charge on any atom is 0.150 e. The number of aryl methyl sites for hydroxylation is 1. The van der Waals surface area contributed by atoms with E-state index in [2.05, 4.69) is 49.4 Å². The van der Waals surface area contributed by atoms with E-state index in [9.17, 15) is 4.79 Å². The lowest BCUT2D eigenvalue weighted by atomic mass is 9.89. The predicted molar refractivity (Wildman–Crippen MR) is 97.0 cm³/mol. The molecule has 0 bridgehead atoms. The lowest BCUT2D eigenvalue weighted by Crippen LogP contribution is -1.93. The molecule has 0 amide bonds. The number of carbonyl (C=O) groups excluding carboxylic acids is 1. The Balaban J connectivity index is 2.26. The van der Waals surface area contributed by atoms with Gasteiger partial charge in [0.25, 0.3) is 0 Å². The van der Waals surface area contributed by atoms with Crippen LogP contribution >= 0.6 is 0 Å². The lowest BCUT2D eigenvalue weighted by Gasteiger charge is -2.14. The molecule has 1 nitrogen and oxygen atoms in total. The third kappa shape index (κ3) is 2.13. The van der Waals surface area contributed by atoms with E-state index in [1.807, 2.05) is 30.3 Å². The van der Waals surface area contributed by atoms with Gasteiger partial charge in [0.05, 0.1) is 0 Å². The lowest BCUT2D eigenvalue weighted by molar-refractivity contribution is 0.112. The average molecular weight is 296 g/mol. The molecule has 0 spiro atoms. The zero-order chi connectivity index (χ0) is 15.8. The number of hydrogen-bond acceptors (Lipinski definition) is 1. The second-order valence-electron chi connectivity index (χ2n) is 5.85. The molecule has 0 heterocycles. The SMILES string of the molecule is Cc1ccccc1-c1c(C=O)ccc2ccc3ccccc3c12. The Bertz CT molecular complexity index is 1040. The van der Waals surface area contributed by atoms with Crippen molar-refractivity contribution in [1.29, 1.82) is 0 Å². The highest BCUT2D eigenvalue weighted by Crippen LogP contribution is 2.37. The van der Waals surface area contributed by atoms with Crippen LogP contribution in [0, 0.1) is 6.92 Å². The Morgan fingerprint density at radius 1 is 0.739 bits per heavy atom. The van der Waals surface area contributed by atoms with E-state index in [1.165, 1.54) is 16.3 Å². The van der Waals surface area contributed by atoms with Crippen LogP contribution in [0.3, 0.4) is 0 Å². The highest BCUT2D eigenvalue weighted by molar-refractivity contribution is 6.17. The van der Waals surface area contributed by atoms with E-state index < -0.39 is 0 Å². The average Bonchev–Trinajstić information content (AvgIpc) is 2.61. The number of benzene rings is 4. The molecule has 0 atom stereocenters. The molecule has 0 saturated heterocycles. The van der Waals surface area contributed by atoms with Crippen LogP contribution < -0.4 is 0 Å². The van der Waals surface area contributed by atoms with Gasteiger partial charge in [-0.15, -0.1) is 0 Å². The fourth-order valence-corrected chi connectivity index (χ4v) is 3.36. The highest BCUT2D eigenvalue weighted by Gasteiger charge is 2.13. The van der Waals surface area contributed by atoms with E-state index in [4.69, 9.17) is 0 Å². The van der Waals surface area contributed by atoms with Crippen LogP contribution in [0.1, 0.15) is 15.9 Å². The first-order valence-corrected chi connectivity index (χ1v) is 7.75. The Hall–Kier alpha value is -2.93. The fraction of sp³-hybridized carbons (Fsp3) is 0.0455. The van der Waals surface area contributed by atoms with Crippen LogP contribution in [-0.2, 0) is 0 Å². The van der Waals surface area contributed by atoms with Crippen molar-refractivity contribution in [3.63, 3.8) is 0 Å². The van der Waals surface area contributed by atoms with Crippen molar-refractivity contribution in [2.24, 2.45) is 0 Å². The van der Waals surface area contributed by atoms with Crippen LogP contribution in [0.25, 0.3) is 32.7 Å². The second kappa shape index (κ2) is 5.36. The Morgan fingerprint density at radius 2 is 1.43 bits per heavy atom. The molecule has 0 N–H and O–H groups in total. The predicted octanol–water partition coefficient (Wildman–Crippen LogP) is 5.78. The smallest absolute Gasteiger partial charge is 0.150 e. The number of fused-ring (bicyclic) bond motifs is 3. The highest BCUT2D eigenvalue weighted by atomic mass is 16.1. The largest absolute Gasteiger partial charge is 0.298 e. The summed E-state index contributed by atoms with van der Waals surface area (Å²) in [4.78, 5) is 11.7. The Labute approximate surface area is 135 Å². The van der Waals surface area contributed by atoms with Crippen molar-refractivity contribution in [3.05, 3.63) is 83.9 Å². The third-order valence-electron chi connectivity index (χ3n) is 4.48. The van der Waals surface area contributed by atoms with Gasteiger partial charge in [0.1, 0.15) is 0 Å². The van der Waals surface area contributed by atoms with Gasteiger partial charge in [-0.05, 0) is 39.6 Å². The molecule has 0 aliphatic heterocycles. The number of carbonyl (C=O) groups is 1. The van der Waals surface area contributed by atoms with Crippen molar-refractivity contribution in [3.8, 4) is 11.1 Å². The molecule has 0 unspecified atom stereocenters. The molecule has 0 fully saturated rings. The number of rotatable bonds is 2. The van der Waals surface area contributed by atoms with E-state index in [0.717, 1.165) is 33.7 Å². The summed E-state index contributed by atoms with van der Waals surface area (Å²) in [6.45, 7) is 2.09. The second-order valence-corrected chi connectivity index (χ2v) is 5.85. The maximum atomic E-state index is 11.7. The molecule has 4 aromatic carbocycles. The summed E-state index contributed by atoms with van der Waals surface area (Å²) in [6, 6.07) is 24.8. The summed E-state index contributed by atoms with van der Waals surface area (Å²) >= 11 is 0. The van der Waals surface area contributed by atoms with E-state index in [1.54, 1.807) is 0 Å². The van der Waals surface area contributed by atoms with Gasteiger partial charge in [0.2, 0.25) is 0 Å². The molecule has 0 saturated carbocycles. The van der Waals surface area contributed by atoms with E-state index in [0.29, 0.717) is 0 Å². The standard InChI is InChI=1S/C22H16O/c1-15-6-2-4-8-19(15)22-18(14-23)13-12-17-11-10-16-7-3-5-9-20(16)21(17)22/h2-14H,1H3. The van der Waals surface area contributed by atoms with Crippen LogP contribution in [-0.4, -0.2) is 6.29 Å². The van der Waals surface area contributed by atoms with E-state index >= 15 is 0 Å². The molecule has 0 aliphatic rings. The molecular weight excluding hydrogens is 280 g/mol. The first-order valence-electron chi connectivity index (χ1n) is 7.75. The first kappa shape index (κ1) is 13.7. The molecular formula is C22H16O. The van der Waals surface area contributed by atoms with Crippen LogP contribution in [0.15, 0.2) is 72.8 Å². The molecule has 0 aromatic heterocycles. The third-order valence-corrected chi connectivity index (χ3v) is 4.48. The van der Waals surface area contributed by atoms with Gasteiger partial charge in [-0.2, -0.15) is 0 Å². The molecule has 4 aromatic rings. The molecule has 110 valence electrons. The maximum absolute atomic E-state index is 11.7. The monoisotopic (exact) mass is 296 g/mol. The summed E-state index contributed by atoms with van der Waals surface area (Å²) in [6.07, 6.45) is 0.961. The molecule has 1 heteroatoms. The van der Waals surface area contributed by atoms with Crippen molar-refractivity contribution in [2.75, 3.05) is 0 Å². The number of aldehydes is 1. The zero-order valence-electron chi connectivity index (χ0n) is 12.9. The van der Waals surface area contributed by atoms with Gasteiger partial charge in [-0.3, -0.25) is 4.79 Å². The van der Waals surface area contributed by atoms with Crippen molar-refractivity contribution < 1.29 is 4.79 Å². The fourth-order valence-electron chi connectivity index (χ4n) is 3.36. The summed E-state index contributed by atoms with van der Waals surface area (Å²) in [5.41, 5.74) is 4.07. The van der Waals surface area contributed by atoms with Crippen LogP contribution in [0.4, 0.5) is 0 Å². The Kier molecular flexibility index (Phi) is 3.20. The minimum Gasteiger partial charge on any atom is -0.298 e. The quantitative estimate of drug-likeness (QED) is 0.338. The normalized spacial score (nSPS) is 11.0. The first-order chi connectivity index (χ1) is 11.3. The summed E-state index contributed by atoms with van der Waals surface area (Å²) in [5.74, 6) is 0. The van der Waals surface area contributed by atoms with Gasteiger partial charge < -0.3 is 0 Å². The zero-order valence-corrected chi connectivity index (χ0v) is 12.9. The van der Waals surface area contributed by atoms with Gasteiger partial charge in [-0.1, -0.05) is 72.8 Å². The van der Waals surface area contributed by atoms with Gasteiger partial charge >= 0.3 is 0 Å². The Morgan fingerprint density at radius 3 is 2.26 bits per heavy atom. The van der Waals surface area contributed by atoms with Crippen molar-refractivity contribution in [1.82, 2.24) is 0 Å². The molecule has 0 aliphatic carbocycles. The van der Waals surface area contributed by atoms with Gasteiger partial charge in [-0.25, -0.2) is 0 Å². The molecule has 4 rings (SSSR count). The number of hydrogen-bond donors (Lipinski definition) is 0. The molecule has 23 heavy (non-hydrogen) atoms.